The van der Waals surface area contributed by atoms with E-state index in [9.17, 15) is 0 Å². The Morgan fingerprint density at radius 3 is 2.38 bits per heavy atom. The van der Waals surface area contributed by atoms with Gasteiger partial charge in [0.1, 0.15) is 0 Å². The van der Waals surface area contributed by atoms with E-state index >= 15 is 0 Å². The second-order valence-electron chi connectivity index (χ2n) is 3.38. The predicted octanol–water partition coefficient (Wildman–Crippen LogP) is 2.16. The van der Waals surface area contributed by atoms with Crippen LogP contribution in [0.2, 0.25) is 0 Å². The third-order valence-corrected chi connectivity index (χ3v) is 2.27. The number of aryl methyl sites for hydroxylation is 1. The average Bonchev–Trinajstić information content (AvgIpc) is 2.18. The summed E-state index contributed by atoms with van der Waals surface area (Å²) in [4.78, 5) is 0. The lowest BCUT2D eigenvalue weighted by molar-refractivity contribution is 0.602. The Morgan fingerprint density at radius 1 is 1.31 bits per heavy atom. The fourth-order valence-electron chi connectivity index (χ4n) is 1.36. The van der Waals surface area contributed by atoms with Crippen LogP contribution in [0.1, 0.15) is 37.4 Å². The molecule has 1 unspecified atom stereocenters. The minimum Gasteiger partial charge on any atom is -0.271 e. The van der Waals surface area contributed by atoms with Gasteiger partial charge in [0, 0.05) is 6.04 Å². The Labute approximate surface area is 80.1 Å². The lowest BCUT2D eigenvalue weighted by Crippen LogP contribution is -2.25. The summed E-state index contributed by atoms with van der Waals surface area (Å²) in [6.07, 6.45) is 2.36. The van der Waals surface area contributed by atoms with Crippen LogP contribution in [-0.2, 0) is 6.42 Å². The van der Waals surface area contributed by atoms with Crippen LogP contribution in [-0.4, -0.2) is 0 Å². The van der Waals surface area contributed by atoms with Crippen molar-refractivity contribution >= 4 is 0 Å². The molecule has 2 heteroatoms. The van der Waals surface area contributed by atoms with Gasteiger partial charge in [-0.3, -0.25) is 11.3 Å². The summed E-state index contributed by atoms with van der Waals surface area (Å²) in [5, 5.41) is 0. The normalized spacial score (nSPS) is 12.8. The maximum atomic E-state index is 5.35. The Bertz CT molecular complexity index is 241. The van der Waals surface area contributed by atoms with Gasteiger partial charge >= 0.3 is 0 Å². The molecule has 1 aromatic carbocycles. The Kier molecular flexibility index (Phi) is 3.93. The second-order valence-corrected chi connectivity index (χ2v) is 3.38. The van der Waals surface area contributed by atoms with Crippen molar-refractivity contribution in [3.05, 3.63) is 35.4 Å². The van der Waals surface area contributed by atoms with Crippen molar-refractivity contribution in [1.29, 1.82) is 0 Å². The lowest BCUT2D eigenvalue weighted by atomic mass is 10.0. The van der Waals surface area contributed by atoms with Gasteiger partial charge in [-0.05, 0) is 24.5 Å². The van der Waals surface area contributed by atoms with Gasteiger partial charge in [0.05, 0.1) is 0 Å². The largest absolute Gasteiger partial charge is 0.271 e. The first-order valence-corrected chi connectivity index (χ1v) is 4.83. The van der Waals surface area contributed by atoms with Crippen molar-refractivity contribution in [1.82, 2.24) is 5.43 Å². The number of hydrogen-bond acceptors (Lipinski definition) is 2. The minimum atomic E-state index is 0.232. The molecule has 0 aromatic heterocycles. The quantitative estimate of drug-likeness (QED) is 0.547. The summed E-state index contributed by atoms with van der Waals surface area (Å²) in [6, 6.07) is 8.85. The van der Waals surface area contributed by atoms with Gasteiger partial charge in [-0.1, -0.05) is 37.6 Å². The highest BCUT2D eigenvalue weighted by molar-refractivity contribution is 5.24. The van der Waals surface area contributed by atoms with Crippen molar-refractivity contribution in [3.63, 3.8) is 0 Å². The summed E-state index contributed by atoms with van der Waals surface area (Å²) in [7, 11) is 0. The molecule has 0 amide bonds. The molecule has 1 rings (SSSR count). The maximum Gasteiger partial charge on any atom is 0.0431 e. The first-order chi connectivity index (χ1) is 6.27. The van der Waals surface area contributed by atoms with Crippen molar-refractivity contribution in [2.45, 2.75) is 32.7 Å². The number of hydrazine groups is 1. The third kappa shape index (κ3) is 2.83. The molecule has 0 heterocycles. The van der Waals surface area contributed by atoms with E-state index in [2.05, 4.69) is 43.5 Å². The fraction of sp³-hybridized carbons (Fsp3) is 0.455. The third-order valence-electron chi connectivity index (χ3n) is 2.27. The molecule has 0 aliphatic rings. The lowest BCUT2D eigenvalue weighted by Gasteiger charge is -2.10. The molecule has 3 N–H and O–H groups in total. The maximum absolute atomic E-state index is 5.35. The van der Waals surface area contributed by atoms with E-state index in [1.165, 1.54) is 17.5 Å². The molecule has 0 aliphatic carbocycles. The van der Waals surface area contributed by atoms with Crippen molar-refractivity contribution in [3.8, 4) is 0 Å². The molecule has 1 aromatic rings. The molecule has 0 radical (unpaired) electrons. The van der Waals surface area contributed by atoms with Gasteiger partial charge in [-0.25, -0.2) is 0 Å². The fourth-order valence-corrected chi connectivity index (χ4v) is 1.36. The van der Waals surface area contributed by atoms with Gasteiger partial charge < -0.3 is 0 Å². The molecule has 0 spiro atoms. The first kappa shape index (κ1) is 10.2. The standard InChI is InChI=1S/C11H18N2/c1-3-4-10-5-7-11(8-6-10)9(2)13-12/h5-9,13H,3-4,12H2,1-2H3. The molecule has 2 nitrogen and oxygen atoms in total. The van der Waals surface area contributed by atoms with E-state index in [4.69, 9.17) is 5.84 Å². The van der Waals surface area contributed by atoms with Crippen LogP contribution in [0.5, 0.6) is 0 Å². The molecule has 1 atom stereocenters. The van der Waals surface area contributed by atoms with E-state index in [0.29, 0.717) is 0 Å². The Morgan fingerprint density at radius 2 is 1.92 bits per heavy atom. The molecule has 0 bridgehead atoms. The Balaban J connectivity index is 2.69. The molecule has 0 fully saturated rings. The molecule has 13 heavy (non-hydrogen) atoms. The van der Waals surface area contributed by atoms with Gasteiger partial charge in [-0.2, -0.15) is 0 Å². The number of nitrogens with one attached hydrogen (secondary N) is 1. The molecular formula is C11H18N2. The topological polar surface area (TPSA) is 38.0 Å². The van der Waals surface area contributed by atoms with Gasteiger partial charge in [0.25, 0.3) is 0 Å². The molecule has 0 aliphatic heterocycles. The van der Waals surface area contributed by atoms with Crippen molar-refractivity contribution < 1.29 is 0 Å². The molecular weight excluding hydrogens is 160 g/mol. The van der Waals surface area contributed by atoms with Gasteiger partial charge in [0.2, 0.25) is 0 Å². The molecule has 0 saturated carbocycles. The number of rotatable bonds is 4. The summed E-state index contributed by atoms with van der Waals surface area (Å²) < 4.78 is 0. The van der Waals surface area contributed by atoms with Crippen LogP contribution in [0.15, 0.2) is 24.3 Å². The van der Waals surface area contributed by atoms with Crippen molar-refractivity contribution in [2.75, 3.05) is 0 Å². The first-order valence-electron chi connectivity index (χ1n) is 4.83. The highest BCUT2D eigenvalue weighted by Gasteiger charge is 2.01. The van der Waals surface area contributed by atoms with Gasteiger partial charge in [-0.15, -0.1) is 0 Å². The van der Waals surface area contributed by atoms with Crippen LogP contribution >= 0.6 is 0 Å². The zero-order valence-electron chi connectivity index (χ0n) is 8.38. The van der Waals surface area contributed by atoms with E-state index in [-0.39, 0.29) is 6.04 Å². The van der Waals surface area contributed by atoms with Crippen molar-refractivity contribution in [2.24, 2.45) is 5.84 Å². The number of benzene rings is 1. The smallest absolute Gasteiger partial charge is 0.0431 e. The summed E-state index contributed by atoms with van der Waals surface area (Å²) in [5.41, 5.74) is 5.37. The number of nitrogens with two attached hydrogens (primary N) is 1. The van der Waals surface area contributed by atoms with E-state index in [1.807, 2.05) is 0 Å². The Hall–Kier alpha value is -0.860. The number of hydrogen-bond donors (Lipinski definition) is 2. The second kappa shape index (κ2) is 5.00. The highest BCUT2D eigenvalue weighted by Crippen LogP contribution is 2.12. The van der Waals surface area contributed by atoms with Gasteiger partial charge in [0.15, 0.2) is 0 Å². The molecule has 0 saturated heterocycles. The SMILES string of the molecule is CCCc1ccc(C(C)NN)cc1. The monoisotopic (exact) mass is 178 g/mol. The van der Waals surface area contributed by atoms with Crippen LogP contribution < -0.4 is 11.3 Å². The van der Waals surface area contributed by atoms with E-state index in [0.717, 1.165) is 6.42 Å². The van der Waals surface area contributed by atoms with E-state index < -0.39 is 0 Å². The summed E-state index contributed by atoms with van der Waals surface area (Å²) in [5.74, 6) is 5.35. The van der Waals surface area contributed by atoms with Crippen LogP contribution in [0.4, 0.5) is 0 Å². The van der Waals surface area contributed by atoms with Crippen LogP contribution in [0.25, 0.3) is 0 Å². The molecule has 72 valence electrons. The predicted molar refractivity (Wildman–Crippen MR) is 56.2 cm³/mol. The van der Waals surface area contributed by atoms with Crippen LogP contribution in [0.3, 0.4) is 0 Å². The highest BCUT2D eigenvalue weighted by atomic mass is 15.2. The average molecular weight is 178 g/mol. The zero-order valence-corrected chi connectivity index (χ0v) is 8.38. The summed E-state index contributed by atoms with van der Waals surface area (Å²) in [6.45, 7) is 4.24. The summed E-state index contributed by atoms with van der Waals surface area (Å²) >= 11 is 0. The van der Waals surface area contributed by atoms with E-state index in [1.54, 1.807) is 0 Å². The van der Waals surface area contributed by atoms with Crippen LogP contribution in [0, 0.1) is 0 Å². The zero-order chi connectivity index (χ0) is 9.68. The minimum absolute atomic E-state index is 0.232.